The summed E-state index contributed by atoms with van der Waals surface area (Å²) in [4.78, 5) is 27.4. The smallest absolute Gasteiger partial charge is 0.369 e. The zero-order valence-electron chi connectivity index (χ0n) is 25.8. The van der Waals surface area contributed by atoms with Gasteiger partial charge in [-0.2, -0.15) is 18.4 Å². The summed E-state index contributed by atoms with van der Waals surface area (Å²) in [6.07, 6.45) is -2.04. The zero-order chi connectivity index (χ0) is 32.4. The summed E-state index contributed by atoms with van der Waals surface area (Å²) >= 11 is 1.06. The Balaban J connectivity index is 1.06. The van der Waals surface area contributed by atoms with Gasteiger partial charge in [-0.05, 0) is 49.1 Å². The predicted octanol–water partition coefficient (Wildman–Crippen LogP) is 4.11. The lowest BCUT2D eigenvalue weighted by Gasteiger charge is -2.34. The van der Waals surface area contributed by atoms with Gasteiger partial charge in [-0.1, -0.05) is 6.07 Å². The zero-order valence-corrected chi connectivity index (χ0v) is 26.6. The van der Waals surface area contributed by atoms with E-state index in [-0.39, 0.29) is 16.8 Å². The molecule has 46 heavy (non-hydrogen) atoms. The number of rotatable bonds is 10. The van der Waals surface area contributed by atoms with Crippen LogP contribution in [0.1, 0.15) is 34.5 Å². The number of amides is 1. The van der Waals surface area contributed by atoms with E-state index < -0.39 is 12.6 Å². The van der Waals surface area contributed by atoms with Crippen LogP contribution >= 0.6 is 11.3 Å². The minimum atomic E-state index is -4.26. The van der Waals surface area contributed by atoms with Gasteiger partial charge in [0.15, 0.2) is 0 Å². The molecular formula is C32H38F3N9OS. The maximum Gasteiger partial charge on any atom is 0.393 e. The number of nitrogens with two attached hydrogens (primary N) is 1. The molecule has 2 saturated heterocycles. The van der Waals surface area contributed by atoms with Crippen LogP contribution in [0, 0.1) is 18.3 Å². The van der Waals surface area contributed by atoms with Crippen LogP contribution in [0.25, 0.3) is 21.1 Å². The number of thiophene rings is 1. The Morgan fingerprint density at radius 1 is 1.04 bits per heavy atom. The van der Waals surface area contributed by atoms with Gasteiger partial charge in [-0.15, -0.1) is 11.3 Å². The molecule has 10 nitrogen and oxygen atoms in total. The first-order chi connectivity index (χ1) is 22.1. The molecule has 0 radical (unpaired) electrons. The molecule has 0 bridgehead atoms. The lowest BCUT2D eigenvalue weighted by molar-refractivity contribution is -0.126. The average Bonchev–Trinajstić information content (AvgIpc) is 3.59. The van der Waals surface area contributed by atoms with Crippen molar-refractivity contribution in [3.05, 3.63) is 52.3 Å². The number of likely N-dealkylation sites (tertiary alicyclic amines) is 1. The van der Waals surface area contributed by atoms with E-state index >= 15 is 0 Å². The first-order valence-electron chi connectivity index (χ1n) is 15.6. The first-order valence-corrected chi connectivity index (χ1v) is 16.4. The average molecular weight is 654 g/mol. The number of anilines is 1. The highest BCUT2D eigenvalue weighted by atomic mass is 32.1. The minimum absolute atomic E-state index is 0.169. The second-order valence-electron chi connectivity index (χ2n) is 12.3. The van der Waals surface area contributed by atoms with Gasteiger partial charge in [-0.3, -0.25) is 19.5 Å². The number of halogens is 3. The molecule has 1 aromatic carbocycles. The molecule has 0 spiro atoms. The lowest BCUT2D eigenvalue weighted by atomic mass is 10.0. The van der Waals surface area contributed by atoms with Crippen molar-refractivity contribution in [1.82, 2.24) is 29.2 Å². The number of fused-ring (bicyclic) bond motifs is 2. The Labute approximate surface area is 269 Å². The van der Waals surface area contributed by atoms with Gasteiger partial charge in [0.05, 0.1) is 18.4 Å². The fourth-order valence-corrected chi connectivity index (χ4v) is 7.66. The number of hydrogen-bond acceptors (Lipinski definition) is 9. The Hall–Kier alpha value is -3.77. The van der Waals surface area contributed by atoms with Gasteiger partial charge < -0.3 is 15.6 Å². The minimum Gasteiger partial charge on any atom is -0.369 e. The Morgan fingerprint density at radius 3 is 2.48 bits per heavy atom. The molecule has 5 heterocycles. The van der Waals surface area contributed by atoms with Crippen LogP contribution in [0.15, 0.2) is 30.6 Å². The van der Waals surface area contributed by atoms with E-state index in [9.17, 15) is 23.2 Å². The van der Waals surface area contributed by atoms with Crippen molar-refractivity contribution >= 4 is 44.2 Å². The third-order valence-corrected chi connectivity index (χ3v) is 10.2. The van der Waals surface area contributed by atoms with Gasteiger partial charge in [-0.25, -0.2) is 9.97 Å². The molecule has 1 amide bonds. The van der Waals surface area contributed by atoms with Crippen LogP contribution in [0.2, 0.25) is 0 Å². The largest absolute Gasteiger partial charge is 0.393 e. The van der Waals surface area contributed by atoms with Crippen LogP contribution in [0.3, 0.4) is 0 Å². The van der Waals surface area contributed by atoms with Crippen LogP contribution in [-0.2, 0) is 24.3 Å². The van der Waals surface area contributed by atoms with Crippen LogP contribution < -0.4 is 11.1 Å². The van der Waals surface area contributed by atoms with Crippen molar-refractivity contribution in [2.45, 2.75) is 51.5 Å². The number of nitrogens with zero attached hydrogens (tertiary/aromatic N) is 7. The fraction of sp³-hybridized carbons (Fsp3) is 0.500. The number of alkyl halides is 3. The molecule has 0 saturated carbocycles. The predicted molar refractivity (Wildman–Crippen MR) is 173 cm³/mol. The Bertz CT molecular complexity index is 1750. The van der Waals surface area contributed by atoms with E-state index in [2.05, 4.69) is 59.7 Å². The number of carbonyl (C=O) groups is 1. The van der Waals surface area contributed by atoms with Crippen molar-refractivity contribution in [2.75, 3.05) is 57.7 Å². The monoisotopic (exact) mass is 653 g/mol. The SMILES string of the molecule is Cc1c(CN2CCC(Nc3ncnc4sc(CC(F)(F)F)cc34)CC2)ccc2c1cc(C#N)n2CCN1CCN(CC(N)=O)CC1. The Morgan fingerprint density at radius 2 is 1.78 bits per heavy atom. The van der Waals surface area contributed by atoms with Gasteiger partial charge in [0.25, 0.3) is 0 Å². The van der Waals surface area contributed by atoms with E-state index in [1.807, 2.05) is 6.07 Å². The molecule has 0 atom stereocenters. The van der Waals surface area contributed by atoms with Gasteiger partial charge >= 0.3 is 6.18 Å². The number of hydrogen-bond donors (Lipinski definition) is 2. The highest BCUT2D eigenvalue weighted by Gasteiger charge is 2.29. The molecule has 3 N–H and O–H groups in total. The number of piperidine rings is 1. The number of carbonyl (C=O) groups excluding carboxylic acids is 1. The van der Waals surface area contributed by atoms with Gasteiger partial charge in [0, 0.05) is 80.7 Å². The number of benzene rings is 1. The second kappa shape index (κ2) is 13.5. The van der Waals surface area contributed by atoms with Crippen molar-refractivity contribution in [3.63, 3.8) is 0 Å². The Kier molecular flexibility index (Phi) is 9.47. The van der Waals surface area contributed by atoms with E-state index in [0.717, 1.165) is 94.0 Å². The van der Waals surface area contributed by atoms with Crippen LogP contribution in [0.5, 0.6) is 0 Å². The highest BCUT2D eigenvalue weighted by Crippen LogP contribution is 2.33. The molecule has 0 unspecified atom stereocenters. The summed E-state index contributed by atoms with van der Waals surface area (Å²) < 4.78 is 40.9. The number of nitriles is 1. The quantitative estimate of drug-likeness (QED) is 0.263. The molecule has 14 heteroatoms. The van der Waals surface area contributed by atoms with Crippen LogP contribution in [0.4, 0.5) is 19.0 Å². The molecule has 2 fully saturated rings. The summed E-state index contributed by atoms with van der Waals surface area (Å²) in [6, 6.07) is 10.4. The van der Waals surface area contributed by atoms with E-state index in [0.29, 0.717) is 28.3 Å². The van der Waals surface area contributed by atoms with Crippen molar-refractivity contribution < 1.29 is 18.0 Å². The number of primary amides is 1. The number of aryl methyl sites for hydroxylation is 1. The van der Waals surface area contributed by atoms with Crippen molar-refractivity contribution in [2.24, 2.45) is 5.73 Å². The molecule has 6 rings (SSSR count). The maximum absolute atomic E-state index is 12.9. The van der Waals surface area contributed by atoms with Crippen LogP contribution in [-0.4, -0.2) is 99.7 Å². The van der Waals surface area contributed by atoms with E-state index in [1.165, 1.54) is 17.5 Å². The summed E-state index contributed by atoms with van der Waals surface area (Å²) in [7, 11) is 0. The summed E-state index contributed by atoms with van der Waals surface area (Å²) in [5, 5.41) is 15.1. The van der Waals surface area contributed by atoms with Crippen molar-refractivity contribution in [1.29, 1.82) is 5.26 Å². The molecule has 3 aromatic heterocycles. The topological polar surface area (TPSA) is 119 Å². The normalized spacial score (nSPS) is 17.5. The number of aromatic nitrogens is 3. The fourth-order valence-electron chi connectivity index (χ4n) is 6.63. The van der Waals surface area contributed by atoms with E-state index in [1.54, 1.807) is 6.07 Å². The van der Waals surface area contributed by atoms with Gasteiger partial charge in [0.1, 0.15) is 28.7 Å². The highest BCUT2D eigenvalue weighted by molar-refractivity contribution is 7.18. The third kappa shape index (κ3) is 7.44. The van der Waals surface area contributed by atoms with Crippen molar-refractivity contribution in [3.8, 4) is 6.07 Å². The maximum atomic E-state index is 12.9. The molecular weight excluding hydrogens is 615 g/mol. The summed E-state index contributed by atoms with van der Waals surface area (Å²) in [6.45, 7) is 9.88. The molecule has 2 aliphatic rings. The third-order valence-electron chi connectivity index (χ3n) is 9.14. The van der Waals surface area contributed by atoms with Gasteiger partial charge in [0.2, 0.25) is 5.91 Å². The standard InChI is InChI=1S/C32H38F3N9OS/c1-21-22(2-3-28-26(21)14-24(17-36)44(28)13-12-41-8-10-43(11-9-41)19-29(37)45)18-42-6-4-23(5-7-42)40-30-27-15-25(16-32(33,34)35)46-31(27)39-20-38-30/h2-3,14-15,20,23H,4-13,16,18-19H2,1H3,(H2,37,45)(H,38,39,40). The molecule has 244 valence electrons. The lowest BCUT2D eigenvalue weighted by Crippen LogP contribution is -2.49. The molecule has 0 aliphatic carbocycles. The first kappa shape index (κ1) is 32.2. The molecule has 4 aromatic rings. The second-order valence-corrected chi connectivity index (χ2v) is 13.4. The number of nitrogens with one attached hydrogen (secondary N) is 1. The molecule has 2 aliphatic heterocycles. The number of piperazine rings is 1. The summed E-state index contributed by atoms with van der Waals surface area (Å²) in [5.41, 5.74) is 9.48. The summed E-state index contributed by atoms with van der Waals surface area (Å²) in [5.74, 6) is 0.296. The van der Waals surface area contributed by atoms with E-state index in [4.69, 9.17) is 5.73 Å².